The topological polar surface area (TPSA) is 21.3 Å². The maximum Gasteiger partial charge on any atom is 0.281 e. The highest BCUT2D eigenvalue weighted by atomic mass is 19.3. The first-order valence-corrected chi connectivity index (χ1v) is 6.63. The standard InChI is InChI=1S/C15H21F2NO/c1-9-7-10(2)13(14(19-4)11(9)3)15(16,17)12-5-6-18-8-12/h7,12,18H,5-6,8H2,1-4H3. The van der Waals surface area contributed by atoms with Crippen LogP contribution in [-0.4, -0.2) is 20.2 Å². The van der Waals surface area contributed by atoms with Crippen molar-refractivity contribution >= 4 is 0 Å². The molecule has 1 fully saturated rings. The SMILES string of the molecule is COc1c(C)c(C)cc(C)c1C(F)(F)C1CCNC1. The van der Waals surface area contributed by atoms with Gasteiger partial charge in [0.2, 0.25) is 0 Å². The van der Waals surface area contributed by atoms with Crippen molar-refractivity contribution in [2.24, 2.45) is 5.92 Å². The van der Waals surface area contributed by atoms with E-state index in [-0.39, 0.29) is 5.56 Å². The molecular weight excluding hydrogens is 248 g/mol. The van der Waals surface area contributed by atoms with E-state index >= 15 is 0 Å². The second-order valence-corrected chi connectivity index (χ2v) is 5.36. The van der Waals surface area contributed by atoms with Gasteiger partial charge in [0, 0.05) is 12.5 Å². The van der Waals surface area contributed by atoms with Gasteiger partial charge in [-0.05, 0) is 50.4 Å². The minimum atomic E-state index is -2.85. The zero-order valence-electron chi connectivity index (χ0n) is 11.9. The van der Waals surface area contributed by atoms with Crippen molar-refractivity contribution in [1.82, 2.24) is 5.32 Å². The van der Waals surface area contributed by atoms with Crippen LogP contribution in [0.5, 0.6) is 5.75 Å². The third kappa shape index (κ3) is 2.34. The van der Waals surface area contributed by atoms with Crippen LogP contribution in [0.4, 0.5) is 8.78 Å². The summed E-state index contributed by atoms with van der Waals surface area (Å²) in [5.41, 5.74) is 2.45. The predicted molar refractivity (Wildman–Crippen MR) is 72.1 cm³/mol. The van der Waals surface area contributed by atoms with Crippen LogP contribution in [0, 0.1) is 26.7 Å². The largest absolute Gasteiger partial charge is 0.496 e. The summed E-state index contributed by atoms with van der Waals surface area (Å²) in [6.45, 7) is 6.51. The van der Waals surface area contributed by atoms with Crippen LogP contribution in [-0.2, 0) is 5.92 Å². The number of alkyl halides is 2. The number of methoxy groups -OCH3 is 1. The van der Waals surface area contributed by atoms with Crippen molar-refractivity contribution in [2.45, 2.75) is 33.1 Å². The summed E-state index contributed by atoms with van der Waals surface area (Å²) < 4.78 is 34.8. The third-order valence-corrected chi connectivity index (χ3v) is 4.10. The maximum absolute atomic E-state index is 14.8. The molecule has 2 rings (SSSR count). The van der Waals surface area contributed by atoms with Crippen LogP contribution in [0.1, 0.15) is 28.7 Å². The highest BCUT2D eigenvalue weighted by molar-refractivity contribution is 5.52. The molecule has 0 aromatic heterocycles. The summed E-state index contributed by atoms with van der Waals surface area (Å²) >= 11 is 0. The van der Waals surface area contributed by atoms with Crippen LogP contribution in [0.3, 0.4) is 0 Å². The number of aryl methyl sites for hydroxylation is 2. The zero-order valence-corrected chi connectivity index (χ0v) is 11.9. The fraction of sp³-hybridized carbons (Fsp3) is 0.600. The molecule has 4 heteroatoms. The van der Waals surface area contributed by atoms with Crippen LogP contribution in [0.2, 0.25) is 0 Å². The Morgan fingerprint density at radius 2 is 1.95 bits per heavy atom. The van der Waals surface area contributed by atoms with E-state index in [0.29, 0.717) is 30.8 Å². The summed E-state index contributed by atoms with van der Waals surface area (Å²) in [5, 5.41) is 3.01. The first-order chi connectivity index (χ1) is 8.89. The van der Waals surface area contributed by atoms with E-state index in [4.69, 9.17) is 4.74 Å². The average molecular weight is 269 g/mol. The molecule has 0 aliphatic carbocycles. The van der Waals surface area contributed by atoms with Gasteiger partial charge in [0.1, 0.15) is 5.75 Å². The van der Waals surface area contributed by atoms with Gasteiger partial charge in [0.25, 0.3) is 5.92 Å². The monoisotopic (exact) mass is 269 g/mol. The molecule has 1 N–H and O–H groups in total. The smallest absolute Gasteiger partial charge is 0.281 e. The lowest BCUT2D eigenvalue weighted by Crippen LogP contribution is -2.29. The quantitative estimate of drug-likeness (QED) is 0.909. The number of halogens is 2. The van der Waals surface area contributed by atoms with Crippen LogP contribution < -0.4 is 10.1 Å². The van der Waals surface area contributed by atoms with E-state index in [2.05, 4.69) is 5.32 Å². The summed E-state index contributed by atoms with van der Waals surface area (Å²) in [6, 6.07) is 1.82. The lowest BCUT2D eigenvalue weighted by Gasteiger charge is -2.28. The summed E-state index contributed by atoms with van der Waals surface area (Å²) in [5.74, 6) is -3.16. The van der Waals surface area contributed by atoms with Gasteiger partial charge in [0.15, 0.2) is 0 Å². The minimum absolute atomic E-state index is 0.0619. The molecule has 1 aliphatic rings. The van der Waals surface area contributed by atoms with Crippen molar-refractivity contribution in [3.8, 4) is 5.75 Å². The van der Waals surface area contributed by atoms with Gasteiger partial charge in [-0.3, -0.25) is 0 Å². The minimum Gasteiger partial charge on any atom is -0.496 e. The van der Waals surface area contributed by atoms with E-state index in [0.717, 1.165) is 11.1 Å². The molecule has 1 unspecified atom stereocenters. The highest BCUT2D eigenvalue weighted by Gasteiger charge is 2.46. The van der Waals surface area contributed by atoms with Gasteiger partial charge in [-0.2, -0.15) is 0 Å². The average Bonchev–Trinajstić information content (AvgIpc) is 2.87. The van der Waals surface area contributed by atoms with E-state index in [9.17, 15) is 8.78 Å². The molecule has 0 spiro atoms. The van der Waals surface area contributed by atoms with Crippen LogP contribution >= 0.6 is 0 Å². The molecule has 1 saturated heterocycles. The molecule has 19 heavy (non-hydrogen) atoms. The van der Waals surface area contributed by atoms with Gasteiger partial charge in [-0.1, -0.05) is 6.07 Å². The molecular formula is C15H21F2NO. The summed E-state index contributed by atoms with van der Waals surface area (Å²) in [6.07, 6.45) is 0.502. The Bertz CT molecular complexity index is 480. The predicted octanol–water partition coefficient (Wildman–Crippen LogP) is 3.32. The van der Waals surface area contributed by atoms with Crippen molar-refractivity contribution in [3.63, 3.8) is 0 Å². The second kappa shape index (κ2) is 5.08. The first-order valence-electron chi connectivity index (χ1n) is 6.63. The number of rotatable bonds is 3. The van der Waals surface area contributed by atoms with Gasteiger partial charge in [-0.15, -0.1) is 0 Å². The Hall–Kier alpha value is -1.16. The molecule has 1 atom stereocenters. The van der Waals surface area contributed by atoms with Crippen molar-refractivity contribution in [3.05, 3.63) is 28.3 Å². The normalized spacial score (nSPS) is 19.8. The van der Waals surface area contributed by atoms with Crippen molar-refractivity contribution < 1.29 is 13.5 Å². The number of ether oxygens (including phenoxy) is 1. The molecule has 0 radical (unpaired) electrons. The van der Waals surface area contributed by atoms with E-state index in [1.165, 1.54) is 7.11 Å². The zero-order chi connectivity index (χ0) is 14.2. The lowest BCUT2D eigenvalue weighted by atomic mass is 9.87. The molecule has 1 aromatic carbocycles. The van der Waals surface area contributed by atoms with E-state index in [1.807, 2.05) is 19.9 Å². The van der Waals surface area contributed by atoms with E-state index in [1.54, 1.807) is 6.92 Å². The first kappa shape index (κ1) is 14.3. The summed E-state index contributed by atoms with van der Waals surface area (Å²) in [7, 11) is 1.47. The Kier molecular flexibility index (Phi) is 3.81. The Morgan fingerprint density at radius 1 is 1.26 bits per heavy atom. The second-order valence-electron chi connectivity index (χ2n) is 5.36. The maximum atomic E-state index is 14.8. The number of benzene rings is 1. The fourth-order valence-electron chi connectivity index (χ4n) is 2.89. The highest BCUT2D eigenvalue weighted by Crippen LogP contribution is 2.46. The Balaban J connectivity index is 2.57. The summed E-state index contributed by atoms with van der Waals surface area (Å²) in [4.78, 5) is 0. The van der Waals surface area contributed by atoms with Gasteiger partial charge < -0.3 is 10.1 Å². The molecule has 106 valence electrons. The number of hydrogen-bond acceptors (Lipinski definition) is 2. The van der Waals surface area contributed by atoms with E-state index < -0.39 is 11.8 Å². The van der Waals surface area contributed by atoms with Gasteiger partial charge in [-0.25, -0.2) is 8.78 Å². The van der Waals surface area contributed by atoms with Crippen LogP contribution in [0.25, 0.3) is 0 Å². The number of hydrogen-bond donors (Lipinski definition) is 1. The molecule has 1 aliphatic heterocycles. The van der Waals surface area contributed by atoms with Crippen molar-refractivity contribution in [2.75, 3.05) is 20.2 Å². The van der Waals surface area contributed by atoms with Crippen molar-refractivity contribution in [1.29, 1.82) is 0 Å². The molecule has 1 heterocycles. The van der Waals surface area contributed by atoms with Crippen LogP contribution in [0.15, 0.2) is 6.07 Å². The molecule has 1 aromatic rings. The molecule has 0 bridgehead atoms. The Labute approximate surface area is 113 Å². The fourth-order valence-corrected chi connectivity index (χ4v) is 2.89. The molecule has 2 nitrogen and oxygen atoms in total. The molecule has 0 saturated carbocycles. The number of nitrogens with one attached hydrogen (secondary N) is 1. The van der Waals surface area contributed by atoms with Gasteiger partial charge in [0.05, 0.1) is 12.7 Å². The lowest BCUT2D eigenvalue weighted by molar-refractivity contribution is -0.0598. The third-order valence-electron chi connectivity index (χ3n) is 4.10. The Morgan fingerprint density at radius 3 is 2.47 bits per heavy atom. The molecule has 0 amide bonds. The van der Waals surface area contributed by atoms with Gasteiger partial charge >= 0.3 is 0 Å².